The van der Waals surface area contributed by atoms with Crippen LogP contribution in [0.25, 0.3) is 11.1 Å². The van der Waals surface area contributed by atoms with E-state index in [0.717, 1.165) is 36.3 Å². The zero-order valence-corrected chi connectivity index (χ0v) is 26.7. The van der Waals surface area contributed by atoms with Gasteiger partial charge < -0.3 is 24.1 Å². The number of rotatable bonds is 16. The van der Waals surface area contributed by atoms with Gasteiger partial charge in [-0.05, 0) is 74.0 Å². The zero-order chi connectivity index (χ0) is 32.2. The van der Waals surface area contributed by atoms with Gasteiger partial charge in [0.25, 0.3) is 0 Å². The average Bonchev–Trinajstić information content (AvgIpc) is 3.51. The lowest BCUT2D eigenvalue weighted by molar-refractivity contribution is -0.161. The minimum Gasteiger partial charge on any atom is -0.479 e. The number of carbonyl (C=O) groups excluding carboxylic acids is 2. The van der Waals surface area contributed by atoms with E-state index in [9.17, 15) is 19.5 Å². The van der Waals surface area contributed by atoms with Crippen LogP contribution in [-0.2, 0) is 33.3 Å². The van der Waals surface area contributed by atoms with Gasteiger partial charge in [0.2, 0.25) is 0 Å². The summed E-state index contributed by atoms with van der Waals surface area (Å²) in [6.07, 6.45) is 8.60. The van der Waals surface area contributed by atoms with Crippen molar-refractivity contribution in [1.82, 2.24) is 0 Å². The Morgan fingerprint density at radius 3 is 1.96 bits per heavy atom. The van der Waals surface area contributed by atoms with Crippen molar-refractivity contribution < 1.29 is 38.4 Å². The van der Waals surface area contributed by atoms with Crippen molar-refractivity contribution in [3.05, 3.63) is 71.8 Å². The van der Waals surface area contributed by atoms with Gasteiger partial charge in [-0.25, -0.2) is 14.4 Å². The van der Waals surface area contributed by atoms with Crippen molar-refractivity contribution in [1.29, 1.82) is 0 Å². The second-order valence-electron chi connectivity index (χ2n) is 12.4. The molecule has 2 aromatic carbocycles. The number of unbranched alkanes of at least 4 members (excludes halogenated alkanes) is 4. The lowest BCUT2D eigenvalue weighted by Crippen LogP contribution is -2.38. The molecule has 1 aliphatic heterocycles. The van der Waals surface area contributed by atoms with Crippen LogP contribution in [0.1, 0.15) is 108 Å². The van der Waals surface area contributed by atoms with Gasteiger partial charge in [-0.1, -0.05) is 94.1 Å². The fraction of sp³-hybridized carbons (Fsp3) is 0.541. The minimum absolute atomic E-state index is 0.223. The van der Waals surface area contributed by atoms with Crippen LogP contribution in [0.5, 0.6) is 0 Å². The van der Waals surface area contributed by atoms with Crippen LogP contribution in [0.2, 0.25) is 0 Å². The number of ether oxygens (including phenoxy) is 4. The van der Waals surface area contributed by atoms with Crippen molar-refractivity contribution in [3.8, 4) is 11.1 Å². The second kappa shape index (κ2) is 17.3. The summed E-state index contributed by atoms with van der Waals surface area (Å²) >= 11 is 0. The summed E-state index contributed by atoms with van der Waals surface area (Å²) in [6, 6.07) is 16.4. The number of benzene rings is 2. The van der Waals surface area contributed by atoms with Crippen LogP contribution in [0.15, 0.2) is 60.7 Å². The Kier molecular flexibility index (Phi) is 13.2. The summed E-state index contributed by atoms with van der Waals surface area (Å²) in [5, 5.41) is 9.56. The van der Waals surface area contributed by atoms with Crippen LogP contribution in [-0.4, -0.2) is 48.4 Å². The number of carboxylic acids is 1. The molecule has 8 heteroatoms. The molecule has 0 radical (unpaired) electrons. The molecule has 2 aliphatic rings. The van der Waals surface area contributed by atoms with Gasteiger partial charge >= 0.3 is 17.9 Å². The predicted molar refractivity (Wildman–Crippen MR) is 171 cm³/mol. The maximum atomic E-state index is 12.4. The maximum absolute atomic E-state index is 12.4. The molecule has 45 heavy (non-hydrogen) atoms. The van der Waals surface area contributed by atoms with Crippen molar-refractivity contribution in [2.24, 2.45) is 5.92 Å². The zero-order valence-electron chi connectivity index (χ0n) is 26.7. The van der Waals surface area contributed by atoms with E-state index in [1.807, 2.05) is 31.2 Å². The van der Waals surface area contributed by atoms with Crippen molar-refractivity contribution >= 4 is 17.9 Å². The highest BCUT2D eigenvalue weighted by Gasteiger charge is 2.46. The summed E-state index contributed by atoms with van der Waals surface area (Å²) < 4.78 is 21.7. The van der Waals surface area contributed by atoms with E-state index in [0.29, 0.717) is 30.1 Å². The van der Waals surface area contributed by atoms with Gasteiger partial charge in [0.05, 0.1) is 13.2 Å². The predicted octanol–water partition coefficient (Wildman–Crippen LogP) is 7.91. The Morgan fingerprint density at radius 2 is 1.36 bits per heavy atom. The van der Waals surface area contributed by atoms with Crippen molar-refractivity contribution in [2.45, 2.75) is 109 Å². The molecule has 0 amide bonds. The second-order valence-corrected chi connectivity index (χ2v) is 12.4. The van der Waals surface area contributed by atoms with Crippen molar-refractivity contribution in [2.75, 3.05) is 13.2 Å². The SMILES string of the molecule is C=C(C)C(=O)OCCCCCCC1CCC(c2ccc(-c3ccc(C4O[C@@H](C(=O)O)[C@H](C(=O)OCCCC)O4)cc3)cc2)CC1. The molecule has 1 unspecified atom stereocenters. The first kappa shape index (κ1) is 34.4. The fourth-order valence-corrected chi connectivity index (χ4v) is 6.11. The highest BCUT2D eigenvalue weighted by atomic mass is 16.7. The van der Waals surface area contributed by atoms with Crippen LogP contribution < -0.4 is 0 Å². The lowest BCUT2D eigenvalue weighted by Gasteiger charge is -2.29. The Balaban J connectivity index is 1.20. The number of hydrogen-bond acceptors (Lipinski definition) is 7. The van der Waals surface area contributed by atoms with Gasteiger partial charge in [-0.3, -0.25) is 0 Å². The molecule has 4 rings (SSSR count). The molecule has 0 aromatic heterocycles. The van der Waals surface area contributed by atoms with Gasteiger partial charge in [0, 0.05) is 11.1 Å². The third kappa shape index (κ3) is 10.00. The van der Waals surface area contributed by atoms with Crippen LogP contribution in [0.4, 0.5) is 0 Å². The molecule has 0 bridgehead atoms. The van der Waals surface area contributed by atoms with Gasteiger partial charge in [0.1, 0.15) is 0 Å². The van der Waals surface area contributed by atoms with Gasteiger partial charge in [0.15, 0.2) is 18.5 Å². The summed E-state index contributed by atoms with van der Waals surface area (Å²) in [6.45, 7) is 7.96. The first-order chi connectivity index (χ1) is 21.8. The average molecular weight is 621 g/mol. The summed E-state index contributed by atoms with van der Waals surface area (Å²) in [5.41, 5.74) is 4.62. The standard InChI is InChI=1S/C37H48O8/c1-4-5-23-43-36(41)33-32(34(38)39)44-37(45-33)31-21-19-30(20-22-31)29-17-15-28(16-18-29)27-13-11-26(12-14-27)10-8-6-7-9-24-42-35(40)25(2)3/h15-22,26-27,32-33,37H,2,4-14,23-24H2,1,3H3,(H,38,39)/t26?,27?,32-,33-,37?/m1/s1. The molecule has 8 nitrogen and oxygen atoms in total. The van der Waals surface area contributed by atoms with Crippen LogP contribution in [0.3, 0.4) is 0 Å². The molecule has 3 atom stereocenters. The van der Waals surface area contributed by atoms with E-state index in [2.05, 4.69) is 30.8 Å². The monoisotopic (exact) mass is 620 g/mol. The third-order valence-electron chi connectivity index (χ3n) is 8.87. The summed E-state index contributed by atoms with van der Waals surface area (Å²) in [4.78, 5) is 35.5. The molecule has 244 valence electrons. The molecular formula is C37H48O8. The molecular weight excluding hydrogens is 572 g/mol. The number of carbonyl (C=O) groups is 3. The van der Waals surface area contributed by atoms with E-state index in [1.54, 1.807) is 6.92 Å². The quantitative estimate of drug-likeness (QED) is 0.115. The topological polar surface area (TPSA) is 108 Å². The van der Waals surface area contributed by atoms with E-state index >= 15 is 0 Å². The number of carboxylic acid groups (broad SMARTS) is 1. The first-order valence-corrected chi connectivity index (χ1v) is 16.5. The smallest absolute Gasteiger partial charge is 0.338 e. The molecule has 2 aromatic rings. The van der Waals surface area contributed by atoms with E-state index in [4.69, 9.17) is 18.9 Å². The fourth-order valence-electron chi connectivity index (χ4n) is 6.11. The highest BCUT2D eigenvalue weighted by molar-refractivity contribution is 5.87. The molecule has 1 N–H and O–H groups in total. The first-order valence-electron chi connectivity index (χ1n) is 16.5. The van der Waals surface area contributed by atoms with Crippen molar-refractivity contribution in [3.63, 3.8) is 0 Å². The Labute approximate surface area is 267 Å². The Morgan fingerprint density at radius 1 is 0.778 bits per heavy atom. The van der Waals surface area contributed by atoms with Crippen LogP contribution >= 0.6 is 0 Å². The Hall–Kier alpha value is -3.49. The molecule has 1 aliphatic carbocycles. The van der Waals surface area contributed by atoms with Gasteiger partial charge in [-0.2, -0.15) is 0 Å². The summed E-state index contributed by atoms with van der Waals surface area (Å²) in [7, 11) is 0. The molecule has 1 saturated carbocycles. The number of aliphatic carboxylic acids is 1. The maximum Gasteiger partial charge on any atom is 0.338 e. The molecule has 2 fully saturated rings. The largest absolute Gasteiger partial charge is 0.479 e. The van der Waals surface area contributed by atoms with E-state index < -0.39 is 30.4 Å². The third-order valence-corrected chi connectivity index (χ3v) is 8.87. The van der Waals surface area contributed by atoms with E-state index in [-0.39, 0.29) is 12.6 Å². The molecule has 1 heterocycles. The van der Waals surface area contributed by atoms with Gasteiger partial charge in [-0.15, -0.1) is 0 Å². The highest BCUT2D eigenvalue weighted by Crippen LogP contribution is 2.39. The minimum atomic E-state index is -1.41. The molecule has 1 saturated heterocycles. The van der Waals surface area contributed by atoms with E-state index in [1.165, 1.54) is 50.5 Å². The number of hydrogen-bond donors (Lipinski definition) is 1. The molecule has 0 spiro atoms. The number of esters is 2. The summed E-state index contributed by atoms with van der Waals surface area (Å²) in [5.74, 6) is -0.858. The van der Waals surface area contributed by atoms with Crippen LogP contribution in [0, 0.1) is 5.92 Å². The Bertz CT molecular complexity index is 1260. The normalized spacial score (nSPS) is 22.9. The lowest BCUT2D eigenvalue weighted by atomic mass is 9.77.